The van der Waals surface area contributed by atoms with Crippen LogP contribution in [0, 0.1) is 13.8 Å². The van der Waals surface area contributed by atoms with Crippen LogP contribution in [0.25, 0.3) is 10.8 Å². The second kappa shape index (κ2) is 5.39. The predicted molar refractivity (Wildman–Crippen MR) is 88.6 cm³/mol. The fraction of sp³-hybridized carbons (Fsp3) is 0.222. The number of rotatable bonds is 3. The van der Waals surface area contributed by atoms with Crippen molar-refractivity contribution in [3.05, 3.63) is 69.4 Å². The van der Waals surface area contributed by atoms with E-state index in [9.17, 15) is 0 Å². The van der Waals surface area contributed by atoms with E-state index in [-0.39, 0.29) is 6.04 Å². The fourth-order valence-corrected chi connectivity index (χ4v) is 3.87. The molecule has 1 unspecified atom stereocenters. The number of hydrogen-bond acceptors (Lipinski definition) is 2. The number of aryl methyl sites for hydroxylation is 2. The van der Waals surface area contributed by atoms with Gasteiger partial charge in [-0.05, 0) is 48.9 Å². The minimum absolute atomic E-state index is 0.262. The molecule has 2 heteroatoms. The van der Waals surface area contributed by atoms with Gasteiger partial charge in [0.1, 0.15) is 0 Å². The summed E-state index contributed by atoms with van der Waals surface area (Å²) in [5.74, 6) is 0. The molecule has 0 spiro atoms. The van der Waals surface area contributed by atoms with E-state index < -0.39 is 0 Å². The van der Waals surface area contributed by atoms with Gasteiger partial charge in [-0.1, -0.05) is 42.5 Å². The molecule has 0 saturated heterocycles. The van der Waals surface area contributed by atoms with Gasteiger partial charge < -0.3 is 5.32 Å². The van der Waals surface area contributed by atoms with Crippen LogP contribution in [-0.2, 0) is 0 Å². The molecule has 3 aromatic rings. The average Bonchev–Trinajstić information content (AvgIpc) is 2.79. The van der Waals surface area contributed by atoms with Crippen molar-refractivity contribution < 1.29 is 0 Å². The highest BCUT2D eigenvalue weighted by molar-refractivity contribution is 7.12. The molecule has 0 aliphatic carbocycles. The third-order valence-corrected chi connectivity index (χ3v) is 5.11. The molecule has 0 radical (unpaired) electrons. The van der Waals surface area contributed by atoms with E-state index in [1.165, 1.54) is 31.7 Å². The maximum Gasteiger partial charge on any atom is 0.0674 e. The van der Waals surface area contributed by atoms with Gasteiger partial charge in [0.25, 0.3) is 0 Å². The molecule has 0 saturated carbocycles. The second-order valence-corrected chi connectivity index (χ2v) is 6.47. The topological polar surface area (TPSA) is 12.0 Å². The van der Waals surface area contributed by atoms with Gasteiger partial charge in [-0.3, -0.25) is 0 Å². The Morgan fingerprint density at radius 1 is 1.00 bits per heavy atom. The molecule has 0 bridgehead atoms. The Bertz CT molecular complexity index is 717. The van der Waals surface area contributed by atoms with Crippen molar-refractivity contribution in [2.75, 3.05) is 7.05 Å². The van der Waals surface area contributed by atoms with Gasteiger partial charge in [-0.25, -0.2) is 0 Å². The number of hydrogen-bond donors (Lipinski definition) is 1. The smallest absolute Gasteiger partial charge is 0.0674 e. The van der Waals surface area contributed by atoms with Crippen LogP contribution >= 0.6 is 11.3 Å². The lowest BCUT2D eigenvalue weighted by Gasteiger charge is -2.17. The molecule has 0 aliphatic heterocycles. The van der Waals surface area contributed by atoms with Gasteiger partial charge in [-0.2, -0.15) is 0 Å². The Labute approximate surface area is 124 Å². The van der Waals surface area contributed by atoms with E-state index in [0.29, 0.717) is 0 Å². The Kier molecular flexibility index (Phi) is 3.60. The maximum absolute atomic E-state index is 3.48. The van der Waals surface area contributed by atoms with Gasteiger partial charge in [0.15, 0.2) is 0 Å². The minimum atomic E-state index is 0.262. The summed E-state index contributed by atoms with van der Waals surface area (Å²) >= 11 is 1.89. The Hall–Kier alpha value is -1.64. The van der Waals surface area contributed by atoms with Crippen LogP contribution in [0.5, 0.6) is 0 Å². The molecular formula is C18H19NS. The summed E-state index contributed by atoms with van der Waals surface area (Å²) in [7, 11) is 2.04. The molecule has 1 aromatic heterocycles. The molecule has 0 amide bonds. The highest BCUT2D eigenvalue weighted by Crippen LogP contribution is 2.33. The zero-order valence-electron chi connectivity index (χ0n) is 12.1. The molecule has 1 nitrogen and oxygen atoms in total. The number of thiophene rings is 1. The molecule has 2 aromatic carbocycles. The number of nitrogens with one attached hydrogen (secondary N) is 1. The first-order valence-corrected chi connectivity index (χ1v) is 7.74. The normalized spacial score (nSPS) is 12.8. The molecule has 1 atom stereocenters. The van der Waals surface area contributed by atoms with Crippen LogP contribution in [0.15, 0.2) is 48.5 Å². The third kappa shape index (κ3) is 2.26. The van der Waals surface area contributed by atoms with Gasteiger partial charge in [0, 0.05) is 9.75 Å². The summed E-state index contributed by atoms with van der Waals surface area (Å²) in [6, 6.07) is 17.7. The van der Waals surface area contributed by atoms with Crippen molar-refractivity contribution in [2.24, 2.45) is 0 Å². The first-order valence-electron chi connectivity index (χ1n) is 6.92. The fourth-order valence-electron chi connectivity index (χ4n) is 2.70. The zero-order chi connectivity index (χ0) is 14.1. The summed E-state index contributed by atoms with van der Waals surface area (Å²) in [5.41, 5.74) is 2.73. The SMILES string of the molecule is CNC(c1cc(C)c(C)s1)c1cccc2ccccc12. The van der Waals surface area contributed by atoms with Crippen LogP contribution < -0.4 is 5.32 Å². The van der Waals surface area contributed by atoms with Gasteiger partial charge >= 0.3 is 0 Å². The van der Waals surface area contributed by atoms with Gasteiger partial charge in [0.2, 0.25) is 0 Å². The summed E-state index contributed by atoms with van der Waals surface area (Å²) in [6.45, 7) is 4.38. The average molecular weight is 281 g/mol. The number of fused-ring (bicyclic) bond motifs is 1. The molecule has 1 heterocycles. The van der Waals surface area contributed by atoms with Crippen molar-refractivity contribution in [2.45, 2.75) is 19.9 Å². The third-order valence-electron chi connectivity index (χ3n) is 3.89. The van der Waals surface area contributed by atoms with E-state index in [1.807, 2.05) is 18.4 Å². The van der Waals surface area contributed by atoms with Gasteiger partial charge in [-0.15, -0.1) is 11.3 Å². The van der Waals surface area contributed by atoms with E-state index in [1.54, 1.807) is 0 Å². The largest absolute Gasteiger partial charge is 0.309 e. The molecular weight excluding hydrogens is 262 g/mol. The van der Waals surface area contributed by atoms with E-state index in [4.69, 9.17) is 0 Å². The Balaban J connectivity index is 2.16. The second-order valence-electron chi connectivity index (χ2n) is 5.18. The van der Waals surface area contributed by atoms with Crippen LogP contribution in [0.1, 0.15) is 26.9 Å². The first kappa shape index (κ1) is 13.3. The lowest BCUT2D eigenvalue weighted by molar-refractivity contribution is 0.709. The van der Waals surface area contributed by atoms with E-state index in [0.717, 1.165) is 0 Å². The van der Waals surface area contributed by atoms with Crippen molar-refractivity contribution in [1.29, 1.82) is 0 Å². The number of benzene rings is 2. The van der Waals surface area contributed by atoms with Crippen molar-refractivity contribution >= 4 is 22.1 Å². The van der Waals surface area contributed by atoms with E-state index in [2.05, 4.69) is 67.7 Å². The lowest BCUT2D eigenvalue weighted by atomic mass is 9.97. The lowest BCUT2D eigenvalue weighted by Crippen LogP contribution is -2.16. The molecule has 0 aliphatic rings. The minimum Gasteiger partial charge on any atom is -0.309 e. The van der Waals surface area contributed by atoms with Crippen LogP contribution in [-0.4, -0.2) is 7.05 Å². The van der Waals surface area contributed by atoms with Crippen LogP contribution in [0.3, 0.4) is 0 Å². The monoisotopic (exact) mass is 281 g/mol. The summed E-state index contributed by atoms with van der Waals surface area (Å²) in [4.78, 5) is 2.79. The predicted octanol–water partition coefficient (Wildman–Crippen LogP) is 4.83. The van der Waals surface area contributed by atoms with Crippen LogP contribution in [0.2, 0.25) is 0 Å². The van der Waals surface area contributed by atoms with Crippen LogP contribution in [0.4, 0.5) is 0 Å². The quantitative estimate of drug-likeness (QED) is 0.725. The Morgan fingerprint density at radius 3 is 2.45 bits per heavy atom. The zero-order valence-corrected chi connectivity index (χ0v) is 12.9. The molecule has 20 heavy (non-hydrogen) atoms. The molecule has 1 N–H and O–H groups in total. The highest BCUT2D eigenvalue weighted by Gasteiger charge is 2.17. The summed E-state index contributed by atoms with van der Waals surface area (Å²) in [5, 5.41) is 6.11. The summed E-state index contributed by atoms with van der Waals surface area (Å²) < 4.78 is 0. The maximum atomic E-state index is 3.48. The molecule has 102 valence electrons. The molecule has 3 rings (SSSR count). The highest BCUT2D eigenvalue weighted by atomic mass is 32.1. The van der Waals surface area contributed by atoms with E-state index >= 15 is 0 Å². The van der Waals surface area contributed by atoms with Crippen molar-refractivity contribution in [1.82, 2.24) is 5.32 Å². The standard InChI is InChI=1S/C18H19NS/c1-12-11-17(20-13(12)2)18(19-3)16-10-6-8-14-7-4-5-9-15(14)16/h4-11,18-19H,1-3H3. The summed E-state index contributed by atoms with van der Waals surface area (Å²) in [6.07, 6.45) is 0. The van der Waals surface area contributed by atoms with Crippen molar-refractivity contribution in [3.63, 3.8) is 0 Å². The Morgan fingerprint density at radius 2 is 1.75 bits per heavy atom. The van der Waals surface area contributed by atoms with Gasteiger partial charge in [0.05, 0.1) is 6.04 Å². The van der Waals surface area contributed by atoms with Crippen molar-refractivity contribution in [3.8, 4) is 0 Å². The first-order chi connectivity index (χ1) is 9.70. The molecule has 0 fully saturated rings.